The number of ether oxygens (including phenoxy) is 4. The Balaban J connectivity index is 1.74. The number of methoxy groups -OCH3 is 2. The number of carbonyl (C=O) groups excluding carboxylic acids is 2. The third kappa shape index (κ3) is 5.72. The van der Waals surface area contributed by atoms with Crippen molar-refractivity contribution in [1.82, 2.24) is 0 Å². The van der Waals surface area contributed by atoms with Crippen LogP contribution in [-0.4, -0.2) is 39.3 Å². The number of hydrogen-bond donors (Lipinski definition) is 1. The second-order valence-corrected chi connectivity index (χ2v) is 4.88. The average molecular weight is 345 g/mol. The van der Waals surface area contributed by atoms with Crippen molar-refractivity contribution in [2.75, 3.05) is 32.8 Å². The van der Waals surface area contributed by atoms with Crippen LogP contribution in [0, 0.1) is 0 Å². The fourth-order valence-electron chi connectivity index (χ4n) is 1.93. The van der Waals surface area contributed by atoms with E-state index in [-0.39, 0.29) is 6.61 Å². The van der Waals surface area contributed by atoms with E-state index in [1.54, 1.807) is 55.6 Å². The van der Waals surface area contributed by atoms with Gasteiger partial charge in [-0.3, -0.25) is 4.79 Å². The quantitative estimate of drug-likeness (QED) is 0.739. The second-order valence-electron chi connectivity index (χ2n) is 4.88. The number of para-hydroxylation sites is 2. The second kappa shape index (κ2) is 9.17. The number of hydrogen-bond acceptors (Lipinski definition) is 6. The summed E-state index contributed by atoms with van der Waals surface area (Å²) >= 11 is 0. The van der Waals surface area contributed by atoms with E-state index in [9.17, 15) is 9.59 Å². The fourth-order valence-corrected chi connectivity index (χ4v) is 1.93. The van der Waals surface area contributed by atoms with E-state index in [0.717, 1.165) is 0 Å². The highest BCUT2D eigenvalue weighted by atomic mass is 16.6. The first-order valence-electron chi connectivity index (χ1n) is 7.47. The molecular formula is C18H19NO6. The first-order chi connectivity index (χ1) is 12.1. The van der Waals surface area contributed by atoms with Crippen molar-refractivity contribution >= 4 is 17.6 Å². The molecule has 2 aromatic carbocycles. The van der Waals surface area contributed by atoms with E-state index < -0.39 is 18.5 Å². The molecule has 0 spiro atoms. The number of nitrogens with one attached hydrogen (secondary N) is 1. The van der Waals surface area contributed by atoms with Crippen LogP contribution < -0.4 is 19.5 Å². The van der Waals surface area contributed by atoms with E-state index in [4.69, 9.17) is 18.9 Å². The van der Waals surface area contributed by atoms with Gasteiger partial charge in [0.2, 0.25) is 0 Å². The summed E-state index contributed by atoms with van der Waals surface area (Å²) in [4.78, 5) is 23.4. The lowest BCUT2D eigenvalue weighted by molar-refractivity contribution is -0.149. The zero-order valence-electron chi connectivity index (χ0n) is 14.0. The van der Waals surface area contributed by atoms with Crippen LogP contribution in [0.2, 0.25) is 0 Å². The lowest BCUT2D eigenvalue weighted by atomic mass is 10.3. The van der Waals surface area contributed by atoms with Gasteiger partial charge in [-0.05, 0) is 36.4 Å². The van der Waals surface area contributed by atoms with Crippen molar-refractivity contribution in [1.29, 1.82) is 0 Å². The summed E-state index contributed by atoms with van der Waals surface area (Å²) in [6, 6.07) is 13.7. The highest BCUT2D eigenvalue weighted by Gasteiger charge is 2.10. The molecule has 25 heavy (non-hydrogen) atoms. The molecule has 2 rings (SSSR count). The van der Waals surface area contributed by atoms with Crippen LogP contribution in [0.4, 0.5) is 5.69 Å². The molecule has 132 valence electrons. The van der Waals surface area contributed by atoms with Gasteiger partial charge in [-0.2, -0.15) is 0 Å². The summed E-state index contributed by atoms with van der Waals surface area (Å²) < 4.78 is 20.3. The van der Waals surface area contributed by atoms with Crippen molar-refractivity contribution in [3.8, 4) is 17.2 Å². The molecule has 0 aliphatic heterocycles. The normalized spacial score (nSPS) is 9.84. The van der Waals surface area contributed by atoms with Gasteiger partial charge in [-0.25, -0.2) is 4.79 Å². The lowest BCUT2D eigenvalue weighted by Gasteiger charge is -2.10. The zero-order chi connectivity index (χ0) is 18.1. The van der Waals surface area contributed by atoms with Crippen LogP contribution in [0.1, 0.15) is 0 Å². The molecule has 1 amide bonds. The number of benzene rings is 2. The summed E-state index contributed by atoms with van der Waals surface area (Å²) in [5.74, 6) is 0.502. The van der Waals surface area contributed by atoms with Crippen LogP contribution in [0.5, 0.6) is 17.2 Å². The predicted octanol–water partition coefficient (Wildman–Crippen LogP) is 2.26. The maximum atomic E-state index is 11.8. The number of amides is 1. The fraction of sp³-hybridized carbons (Fsp3) is 0.222. The topological polar surface area (TPSA) is 83.1 Å². The van der Waals surface area contributed by atoms with Crippen LogP contribution in [0.3, 0.4) is 0 Å². The van der Waals surface area contributed by atoms with Gasteiger partial charge in [0.15, 0.2) is 24.7 Å². The maximum Gasteiger partial charge on any atom is 0.344 e. The Bertz CT molecular complexity index is 714. The zero-order valence-corrected chi connectivity index (χ0v) is 14.0. The van der Waals surface area contributed by atoms with Gasteiger partial charge in [0.05, 0.1) is 14.2 Å². The smallest absolute Gasteiger partial charge is 0.344 e. The monoisotopic (exact) mass is 345 g/mol. The molecule has 0 unspecified atom stereocenters. The van der Waals surface area contributed by atoms with Gasteiger partial charge >= 0.3 is 5.97 Å². The molecule has 0 aromatic heterocycles. The molecule has 0 atom stereocenters. The molecule has 7 heteroatoms. The molecule has 0 saturated carbocycles. The Labute approximate surface area is 145 Å². The van der Waals surface area contributed by atoms with Gasteiger partial charge in [-0.1, -0.05) is 12.1 Å². The largest absolute Gasteiger partial charge is 0.497 e. The highest BCUT2D eigenvalue weighted by molar-refractivity contribution is 5.92. The van der Waals surface area contributed by atoms with E-state index in [1.807, 2.05) is 0 Å². The Morgan fingerprint density at radius 2 is 1.56 bits per heavy atom. The van der Waals surface area contributed by atoms with Gasteiger partial charge in [-0.15, -0.1) is 0 Å². The number of esters is 1. The van der Waals surface area contributed by atoms with Crippen molar-refractivity contribution in [3.05, 3.63) is 48.5 Å². The van der Waals surface area contributed by atoms with Crippen LogP contribution >= 0.6 is 0 Å². The van der Waals surface area contributed by atoms with E-state index in [1.165, 1.54) is 7.11 Å². The van der Waals surface area contributed by atoms with Crippen LogP contribution in [0.25, 0.3) is 0 Å². The van der Waals surface area contributed by atoms with Crippen LogP contribution in [-0.2, 0) is 14.3 Å². The number of anilines is 1. The first-order valence-corrected chi connectivity index (χ1v) is 7.47. The Kier molecular flexibility index (Phi) is 6.65. The lowest BCUT2D eigenvalue weighted by Crippen LogP contribution is -2.23. The Hall–Kier alpha value is -3.22. The molecule has 0 aliphatic carbocycles. The third-order valence-electron chi connectivity index (χ3n) is 3.15. The first kappa shape index (κ1) is 18.1. The van der Waals surface area contributed by atoms with Gasteiger partial charge in [0, 0.05) is 5.69 Å². The average Bonchev–Trinajstić information content (AvgIpc) is 2.65. The van der Waals surface area contributed by atoms with Gasteiger partial charge in [0.1, 0.15) is 5.75 Å². The summed E-state index contributed by atoms with van der Waals surface area (Å²) in [6.45, 7) is -0.726. The van der Waals surface area contributed by atoms with E-state index in [2.05, 4.69) is 5.32 Å². The molecular weight excluding hydrogens is 326 g/mol. The van der Waals surface area contributed by atoms with Crippen molar-refractivity contribution in [3.63, 3.8) is 0 Å². The minimum Gasteiger partial charge on any atom is -0.497 e. The third-order valence-corrected chi connectivity index (χ3v) is 3.15. The van der Waals surface area contributed by atoms with Gasteiger partial charge < -0.3 is 24.3 Å². The molecule has 7 nitrogen and oxygen atoms in total. The minimum absolute atomic E-state index is 0.323. The van der Waals surface area contributed by atoms with Crippen molar-refractivity contribution < 1.29 is 28.5 Å². The summed E-state index contributed by atoms with van der Waals surface area (Å²) in [7, 11) is 3.06. The number of rotatable bonds is 8. The molecule has 0 saturated heterocycles. The summed E-state index contributed by atoms with van der Waals surface area (Å²) in [6.07, 6.45) is 0. The summed E-state index contributed by atoms with van der Waals surface area (Å²) in [5.41, 5.74) is 0.576. The predicted molar refractivity (Wildman–Crippen MR) is 91.1 cm³/mol. The molecule has 0 radical (unpaired) electrons. The highest BCUT2D eigenvalue weighted by Crippen LogP contribution is 2.25. The molecule has 0 aliphatic rings. The Morgan fingerprint density at radius 3 is 2.20 bits per heavy atom. The molecule has 2 aromatic rings. The maximum absolute atomic E-state index is 11.8. The van der Waals surface area contributed by atoms with Gasteiger partial charge in [0.25, 0.3) is 5.91 Å². The number of carbonyl (C=O) groups is 2. The minimum atomic E-state index is -0.657. The van der Waals surface area contributed by atoms with E-state index >= 15 is 0 Å². The van der Waals surface area contributed by atoms with Crippen molar-refractivity contribution in [2.45, 2.75) is 0 Å². The summed E-state index contributed by atoms with van der Waals surface area (Å²) in [5, 5.41) is 2.61. The van der Waals surface area contributed by atoms with E-state index in [0.29, 0.717) is 22.9 Å². The van der Waals surface area contributed by atoms with Crippen LogP contribution in [0.15, 0.2) is 48.5 Å². The molecule has 0 bridgehead atoms. The Morgan fingerprint density at radius 1 is 0.880 bits per heavy atom. The molecule has 0 heterocycles. The molecule has 0 fully saturated rings. The standard InChI is InChI=1S/C18H19NO6/c1-22-14-9-7-13(8-10-14)19-17(20)11-25-18(21)12-24-16-6-4-3-5-15(16)23-2/h3-10H,11-12H2,1-2H3,(H,19,20). The SMILES string of the molecule is COc1ccc(NC(=O)COC(=O)COc2ccccc2OC)cc1. The van der Waals surface area contributed by atoms with Crippen molar-refractivity contribution in [2.24, 2.45) is 0 Å². The molecule has 1 N–H and O–H groups in total.